The average molecular weight is 212 g/mol. The molecule has 1 heterocycles. The Morgan fingerprint density at radius 3 is 2.83 bits per heavy atom. The third-order valence-corrected chi connectivity index (χ3v) is 1.72. The first-order chi connectivity index (χ1) is 5.38. The second kappa shape index (κ2) is 2.97. The summed E-state index contributed by atoms with van der Waals surface area (Å²) in [6.07, 6.45) is 1.35. The summed E-state index contributed by atoms with van der Waals surface area (Å²) in [7, 11) is 1.62. The Labute approximate surface area is 73.2 Å². The molecular weight excluding hydrogens is 204 g/mol. The van der Waals surface area contributed by atoms with Crippen LogP contribution >= 0.6 is 18.2 Å². The van der Waals surface area contributed by atoms with E-state index in [4.69, 9.17) is 21.9 Å². The second-order valence-corrected chi connectivity index (χ2v) is 4.46. The molecule has 1 aromatic rings. The van der Waals surface area contributed by atoms with Crippen LogP contribution in [0.1, 0.15) is 0 Å². The van der Waals surface area contributed by atoms with Gasteiger partial charge in [-0.1, -0.05) is 0 Å². The van der Waals surface area contributed by atoms with E-state index in [1.54, 1.807) is 7.05 Å². The maximum Gasteiger partial charge on any atom is 0.475 e. The van der Waals surface area contributed by atoms with Gasteiger partial charge in [0, 0.05) is 18.3 Å². The molecule has 0 aliphatic heterocycles. The summed E-state index contributed by atoms with van der Waals surface area (Å²) in [5.74, 6) is 0.103. The predicted molar refractivity (Wildman–Crippen MR) is 43.9 cm³/mol. The van der Waals surface area contributed by atoms with E-state index in [0.29, 0.717) is 0 Å². The van der Waals surface area contributed by atoms with Gasteiger partial charge in [0.15, 0.2) is 0 Å². The smallest absolute Gasteiger partial charge is 0.393 e. The average Bonchev–Trinajstić information content (AvgIpc) is 2.07. The standard InChI is InChI=1S/C4H7ClN3O3P/c1-8-2-3(7-4(8)6)11-12(5,9)10/h2H,1H3,(H2,6,7)(H,9,10). The number of nitrogens with zero attached hydrogens (tertiary/aromatic N) is 2. The summed E-state index contributed by atoms with van der Waals surface area (Å²) in [5, 5.41) is 0. The van der Waals surface area contributed by atoms with Crippen LogP contribution in [0.4, 0.5) is 5.95 Å². The number of hydrogen-bond donors (Lipinski definition) is 2. The lowest BCUT2D eigenvalue weighted by atomic mass is 10.8. The number of halogens is 1. The van der Waals surface area contributed by atoms with Crippen molar-refractivity contribution in [3.63, 3.8) is 0 Å². The lowest BCUT2D eigenvalue weighted by Gasteiger charge is -2.00. The highest BCUT2D eigenvalue weighted by molar-refractivity contribution is 7.80. The maximum atomic E-state index is 10.5. The minimum Gasteiger partial charge on any atom is -0.393 e. The molecule has 8 heteroatoms. The van der Waals surface area contributed by atoms with Crippen molar-refractivity contribution in [1.82, 2.24) is 9.55 Å². The molecule has 1 unspecified atom stereocenters. The van der Waals surface area contributed by atoms with Crippen molar-refractivity contribution >= 4 is 24.1 Å². The van der Waals surface area contributed by atoms with Crippen LogP contribution in [-0.2, 0) is 11.6 Å². The summed E-state index contributed by atoms with van der Waals surface area (Å²) >= 11 is 4.93. The Hall–Kier alpha value is -0.710. The molecule has 1 atom stereocenters. The van der Waals surface area contributed by atoms with Crippen molar-refractivity contribution in [1.29, 1.82) is 0 Å². The van der Waals surface area contributed by atoms with E-state index in [0.717, 1.165) is 0 Å². The highest BCUT2D eigenvalue weighted by atomic mass is 35.7. The maximum absolute atomic E-state index is 10.5. The molecule has 0 aliphatic rings. The summed E-state index contributed by atoms with van der Waals surface area (Å²) in [5.41, 5.74) is 5.32. The number of nitrogen functional groups attached to an aromatic ring is 1. The highest BCUT2D eigenvalue weighted by Gasteiger charge is 2.18. The summed E-state index contributed by atoms with van der Waals surface area (Å²) < 4.78 is 16.3. The molecule has 3 N–H and O–H groups in total. The van der Waals surface area contributed by atoms with Crippen molar-refractivity contribution < 1.29 is 14.0 Å². The quantitative estimate of drug-likeness (QED) is 0.704. The molecule has 1 aromatic heterocycles. The lowest BCUT2D eigenvalue weighted by Crippen LogP contribution is -1.94. The third kappa shape index (κ3) is 2.41. The zero-order valence-corrected chi connectivity index (χ0v) is 7.79. The SMILES string of the molecule is Cn1cc(OP(=O)(O)Cl)nc1N. The largest absolute Gasteiger partial charge is 0.475 e. The van der Waals surface area contributed by atoms with Gasteiger partial charge in [0.1, 0.15) is 0 Å². The molecule has 0 aromatic carbocycles. The fourth-order valence-electron chi connectivity index (χ4n) is 0.612. The second-order valence-electron chi connectivity index (χ2n) is 2.09. The topological polar surface area (TPSA) is 90.4 Å². The molecule has 0 fully saturated rings. The molecule has 0 bridgehead atoms. The summed E-state index contributed by atoms with van der Waals surface area (Å²) in [4.78, 5) is 12.2. The van der Waals surface area contributed by atoms with Gasteiger partial charge in [-0.2, -0.15) is 4.98 Å². The van der Waals surface area contributed by atoms with E-state index in [2.05, 4.69) is 9.51 Å². The number of imidazole rings is 1. The van der Waals surface area contributed by atoms with Crippen molar-refractivity contribution in [3.8, 4) is 5.88 Å². The van der Waals surface area contributed by atoms with Gasteiger partial charge >= 0.3 is 6.95 Å². The molecule has 0 radical (unpaired) electrons. The molecular formula is C4H7ClN3O3P. The van der Waals surface area contributed by atoms with Gasteiger partial charge in [-0.05, 0) is 0 Å². The minimum atomic E-state index is -4.05. The van der Waals surface area contributed by atoms with Crippen LogP contribution in [0.5, 0.6) is 5.88 Å². The molecule has 6 nitrogen and oxygen atoms in total. The highest BCUT2D eigenvalue weighted by Crippen LogP contribution is 2.47. The molecule has 1 rings (SSSR count). The lowest BCUT2D eigenvalue weighted by molar-refractivity contribution is 0.395. The fourth-order valence-corrected chi connectivity index (χ4v) is 1.14. The Morgan fingerprint density at radius 2 is 2.50 bits per heavy atom. The molecule has 0 saturated heterocycles. The van der Waals surface area contributed by atoms with Gasteiger partial charge in [-0.25, -0.2) is 4.57 Å². The van der Waals surface area contributed by atoms with E-state index in [9.17, 15) is 4.57 Å². The monoisotopic (exact) mass is 211 g/mol. The first kappa shape index (κ1) is 9.38. The molecule has 0 spiro atoms. The third-order valence-electron chi connectivity index (χ3n) is 1.10. The van der Waals surface area contributed by atoms with Crippen LogP contribution in [0.3, 0.4) is 0 Å². The van der Waals surface area contributed by atoms with Gasteiger partial charge in [-0.15, -0.1) is 0 Å². The van der Waals surface area contributed by atoms with E-state index < -0.39 is 6.95 Å². The Balaban J connectivity index is 2.85. The van der Waals surface area contributed by atoms with E-state index in [1.807, 2.05) is 0 Å². The van der Waals surface area contributed by atoms with Gasteiger partial charge in [0.25, 0.3) is 0 Å². The normalized spacial score (nSPS) is 15.6. The Bertz CT molecular complexity index is 313. The van der Waals surface area contributed by atoms with E-state index in [1.165, 1.54) is 10.8 Å². The van der Waals surface area contributed by atoms with Crippen LogP contribution in [0.25, 0.3) is 0 Å². The molecule has 0 saturated carbocycles. The van der Waals surface area contributed by atoms with Crippen LogP contribution in [0.15, 0.2) is 6.20 Å². The number of anilines is 1. The Kier molecular flexibility index (Phi) is 2.32. The predicted octanol–water partition coefficient (Wildman–Crippen LogP) is 0.720. The molecule has 12 heavy (non-hydrogen) atoms. The van der Waals surface area contributed by atoms with E-state index >= 15 is 0 Å². The van der Waals surface area contributed by atoms with Crippen LogP contribution in [0, 0.1) is 0 Å². The Morgan fingerprint density at radius 1 is 1.92 bits per heavy atom. The first-order valence-electron chi connectivity index (χ1n) is 2.89. The fraction of sp³-hybridized carbons (Fsp3) is 0.250. The van der Waals surface area contributed by atoms with Crippen LogP contribution < -0.4 is 10.3 Å². The molecule has 68 valence electrons. The summed E-state index contributed by atoms with van der Waals surface area (Å²) in [6, 6.07) is 0. The van der Waals surface area contributed by atoms with Crippen LogP contribution in [-0.4, -0.2) is 14.4 Å². The molecule has 0 amide bonds. The van der Waals surface area contributed by atoms with Gasteiger partial charge < -0.3 is 19.7 Å². The number of hydrogen-bond acceptors (Lipinski definition) is 4. The first-order valence-corrected chi connectivity index (χ1v) is 5.37. The molecule has 0 aliphatic carbocycles. The summed E-state index contributed by atoms with van der Waals surface area (Å²) in [6.45, 7) is -4.05. The number of aryl methyl sites for hydroxylation is 1. The zero-order chi connectivity index (χ0) is 9.35. The van der Waals surface area contributed by atoms with Crippen molar-refractivity contribution in [3.05, 3.63) is 6.20 Å². The number of nitrogens with two attached hydrogens (primary N) is 1. The van der Waals surface area contributed by atoms with Crippen molar-refractivity contribution in [2.45, 2.75) is 0 Å². The number of rotatable bonds is 2. The zero-order valence-electron chi connectivity index (χ0n) is 6.14. The minimum absolute atomic E-state index is 0.0733. The van der Waals surface area contributed by atoms with Crippen molar-refractivity contribution in [2.75, 3.05) is 5.73 Å². The van der Waals surface area contributed by atoms with Gasteiger partial charge in [0.05, 0.1) is 6.20 Å². The van der Waals surface area contributed by atoms with Gasteiger partial charge in [-0.3, -0.25) is 0 Å². The van der Waals surface area contributed by atoms with Crippen LogP contribution in [0.2, 0.25) is 0 Å². The van der Waals surface area contributed by atoms with Crippen molar-refractivity contribution in [2.24, 2.45) is 7.05 Å². The van der Waals surface area contributed by atoms with Gasteiger partial charge in [0.2, 0.25) is 11.8 Å². The number of aromatic nitrogens is 2. The van der Waals surface area contributed by atoms with E-state index in [-0.39, 0.29) is 11.8 Å².